The zero-order valence-electron chi connectivity index (χ0n) is 9.99. The minimum atomic E-state index is -0.613. The highest BCUT2D eigenvalue weighted by atomic mass is 16.7. The first-order valence-electron chi connectivity index (χ1n) is 5.85. The number of ether oxygens (including phenoxy) is 2. The van der Waals surface area contributed by atoms with Crippen LogP contribution in [-0.2, 0) is 14.3 Å². The predicted octanol–water partition coefficient (Wildman–Crippen LogP) is 2.03. The second-order valence-corrected chi connectivity index (χ2v) is 5.37. The second-order valence-electron chi connectivity index (χ2n) is 5.37. The van der Waals surface area contributed by atoms with Gasteiger partial charge in [0.1, 0.15) is 0 Å². The molecule has 92 valence electrons. The van der Waals surface area contributed by atoms with E-state index in [4.69, 9.17) is 9.47 Å². The number of aliphatic carboxylic acids is 1. The highest BCUT2D eigenvalue weighted by molar-refractivity contribution is 5.75. The third-order valence-electron chi connectivity index (χ3n) is 4.56. The van der Waals surface area contributed by atoms with Crippen molar-refractivity contribution in [2.75, 3.05) is 14.2 Å². The summed E-state index contributed by atoms with van der Waals surface area (Å²) >= 11 is 0. The smallest absolute Gasteiger partial charge is 0.309 e. The van der Waals surface area contributed by atoms with Crippen LogP contribution in [0.4, 0.5) is 0 Å². The van der Waals surface area contributed by atoms with Crippen molar-refractivity contribution in [1.29, 1.82) is 0 Å². The summed E-state index contributed by atoms with van der Waals surface area (Å²) in [5, 5.41) is 9.29. The Morgan fingerprint density at radius 2 is 1.81 bits per heavy atom. The van der Waals surface area contributed by atoms with Gasteiger partial charge in [-0.15, -0.1) is 0 Å². The van der Waals surface area contributed by atoms with Crippen molar-refractivity contribution in [3.8, 4) is 0 Å². The standard InChI is InChI=1S/C12H20O4/c1-15-9(16-2)7-11-3-5-12(8-11,6-4-11)10(13)14/h9H,3-8H2,1-2H3,(H,13,14). The van der Waals surface area contributed by atoms with Crippen molar-refractivity contribution in [3.05, 3.63) is 0 Å². The molecule has 0 aliphatic heterocycles. The normalized spacial score (nSPS) is 37.2. The molecule has 0 heterocycles. The lowest BCUT2D eigenvalue weighted by Gasteiger charge is -2.29. The van der Waals surface area contributed by atoms with Gasteiger partial charge in [-0.3, -0.25) is 4.79 Å². The molecule has 2 aliphatic carbocycles. The van der Waals surface area contributed by atoms with Gasteiger partial charge in [-0.05, 0) is 37.5 Å². The van der Waals surface area contributed by atoms with Gasteiger partial charge in [-0.1, -0.05) is 0 Å². The van der Waals surface area contributed by atoms with Crippen LogP contribution >= 0.6 is 0 Å². The van der Waals surface area contributed by atoms with Crippen molar-refractivity contribution in [1.82, 2.24) is 0 Å². The molecule has 0 aromatic heterocycles. The predicted molar refractivity (Wildman–Crippen MR) is 58.0 cm³/mol. The van der Waals surface area contributed by atoms with Gasteiger partial charge in [0.25, 0.3) is 0 Å². The van der Waals surface area contributed by atoms with Crippen molar-refractivity contribution < 1.29 is 19.4 Å². The molecule has 4 nitrogen and oxygen atoms in total. The lowest BCUT2D eigenvalue weighted by molar-refractivity contribution is -0.148. The quantitative estimate of drug-likeness (QED) is 0.731. The third kappa shape index (κ3) is 1.74. The number of fused-ring (bicyclic) bond motifs is 2. The van der Waals surface area contributed by atoms with E-state index in [1.54, 1.807) is 14.2 Å². The molecular formula is C12H20O4. The lowest BCUT2D eigenvalue weighted by atomic mass is 9.80. The first-order valence-corrected chi connectivity index (χ1v) is 5.85. The van der Waals surface area contributed by atoms with E-state index >= 15 is 0 Å². The molecule has 0 aromatic carbocycles. The molecular weight excluding hydrogens is 208 g/mol. The van der Waals surface area contributed by atoms with Crippen LogP contribution in [-0.4, -0.2) is 31.6 Å². The fourth-order valence-corrected chi connectivity index (χ4v) is 3.51. The van der Waals surface area contributed by atoms with Gasteiger partial charge in [-0.25, -0.2) is 0 Å². The van der Waals surface area contributed by atoms with E-state index in [9.17, 15) is 9.90 Å². The largest absolute Gasteiger partial charge is 0.481 e. The van der Waals surface area contributed by atoms with Gasteiger partial charge < -0.3 is 14.6 Å². The molecule has 0 radical (unpaired) electrons. The van der Waals surface area contributed by atoms with E-state index < -0.39 is 11.4 Å². The SMILES string of the molecule is COC(CC12CCC(C(=O)O)(CC1)C2)OC. The molecule has 2 bridgehead atoms. The number of carbonyl (C=O) groups is 1. The highest BCUT2D eigenvalue weighted by Gasteiger charge is 2.58. The monoisotopic (exact) mass is 228 g/mol. The van der Waals surface area contributed by atoms with Crippen LogP contribution in [0.5, 0.6) is 0 Å². The summed E-state index contributed by atoms with van der Waals surface area (Å²) in [5.41, 5.74) is -0.291. The number of rotatable bonds is 5. The topological polar surface area (TPSA) is 55.8 Å². The molecule has 2 rings (SSSR count). The van der Waals surface area contributed by atoms with Crippen molar-refractivity contribution in [3.63, 3.8) is 0 Å². The first-order chi connectivity index (χ1) is 7.56. The molecule has 0 atom stereocenters. The average Bonchev–Trinajstić information content (AvgIpc) is 2.83. The van der Waals surface area contributed by atoms with E-state index in [-0.39, 0.29) is 11.7 Å². The van der Waals surface area contributed by atoms with E-state index in [0.29, 0.717) is 0 Å². The Morgan fingerprint density at radius 1 is 1.25 bits per heavy atom. The number of carboxylic acids is 1. The van der Waals surface area contributed by atoms with Crippen molar-refractivity contribution >= 4 is 5.97 Å². The third-order valence-corrected chi connectivity index (χ3v) is 4.56. The summed E-state index contributed by atoms with van der Waals surface area (Å²) in [6.45, 7) is 0. The van der Waals surface area contributed by atoms with Gasteiger partial charge in [0, 0.05) is 20.6 Å². The molecule has 1 N–H and O–H groups in total. The average molecular weight is 228 g/mol. The minimum Gasteiger partial charge on any atom is -0.481 e. The molecule has 2 aliphatic rings. The fraction of sp³-hybridized carbons (Fsp3) is 0.917. The van der Waals surface area contributed by atoms with Gasteiger partial charge >= 0.3 is 5.97 Å². The number of hydrogen-bond acceptors (Lipinski definition) is 3. The maximum atomic E-state index is 11.3. The zero-order valence-corrected chi connectivity index (χ0v) is 9.99. The lowest BCUT2D eigenvalue weighted by Crippen LogP contribution is -2.25. The van der Waals surface area contributed by atoms with E-state index in [1.807, 2.05) is 0 Å². The first kappa shape index (κ1) is 11.9. The molecule has 2 fully saturated rings. The molecule has 0 aromatic rings. The maximum Gasteiger partial charge on any atom is 0.309 e. The highest BCUT2D eigenvalue weighted by Crippen LogP contribution is 2.63. The molecule has 0 unspecified atom stereocenters. The van der Waals surface area contributed by atoms with Crippen molar-refractivity contribution in [2.24, 2.45) is 10.8 Å². The van der Waals surface area contributed by atoms with Crippen LogP contribution in [0.1, 0.15) is 38.5 Å². The maximum absolute atomic E-state index is 11.3. The Hall–Kier alpha value is -0.610. The van der Waals surface area contributed by atoms with Gasteiger partial charge in [-0.2, -0.15) is 0 Å². The molecule has 2 saturated carbocycles. The molecule has 4 heteroatoms. The van der Waals surface area contributed by atoms with Crippen molar-refractivity contribution in [2.45, 2.75) is 44.8 Å². The second kappa shape index (κ2) is 4.00. The summed E-state index contributed by atoms with van der Waals surface area (Å²) in [6, 6.07) is 0. The number of carboxylic acid groups (broad SMARTS) is 1. The number of methoxy groups -OCH3 is 2. The van der Waals surface area contributed by atoms with Gasteiger partial charge in [0.2, 0.25) is 0 Å². The molecule has 0 amide bonds. The van der Waals surface area contributed by atoms with Crippen LogP contribution in [0.25, 0.3) is 0 Å². The Balaban J connectivity index is 2.05. The van der Waals surface area contributed by atoms with Crippen LogP contribution in [0.15, 0.2) is 0 Å². The summed E-state index contributed by atoms with van der Waals surface area (Å²) in [7, 11) is 3.28. The summed E-state index contributed by atoms with van der Waals surface area (Å²) in [5.74, 6) is -0.613. The van der Waals surface area contributed by atoms with E-state index in [2.05, 4.69) is 0 Å². The summed E-state index contributed by atoms with van der Waals surface area (Å²) in [4.78, 5) is 11.3. The molecule has 0 spiro atoms. The Kier molecular flexibility index (Phi) is 2.97. The van der Waals surface area contributed by atoms with Crippen LogP contribution in [0, 0.1) is 10.8 Å². The fourth-order valence-electron chi connectivity index (χ4n) is 3.51. The molecule has 0 saturated heterocycles. The summed E-state index contributed by atoms with van der Waals surface area (Å²) in [6.07, 6.45) is 5.09. The van der Waals surface area contributed by atoms with Crippen LogP contribution in [0.2, 0.25) is 0 Å². The van der Waals surface area contributed by atoms with E-state index in [0.717, 1.165) is 38.5 Å². The van der Waals surface area contributed by atoms with Crippen LogP contribution < -0.4 is 0 Å². The zero-order chi connectivity index (χ0) is 11.8. The summed E-state index contributed by atoms with van der Waals surface area (Å²) < 4.78 is 10.5. The number of hydrogen-bond donors (Lipinski definition) is 1. The molecule has 16 heavy (non-hydrogen) atoms. The Bertz CT molecular complexity index is 275. The van der Waals surface area contributed by atoms with Gasteiger partial charge in [0.15, 0.2) is 6.29 Å². The minimum absolute atomic E-state index is 0.148. The van der Waals surface area contributed by atoms with Gasteiger partial charge in [0.05, 0.1) is 5.41 Å². The Morgan fingerprint density at radius 3 is 2.19 bits per heavy atom. The van der Waals surface area contributed by atoms with E-state index in [1.165, 1.54) is 0 Å². The Labute approximate surface area is 95.9 Å². The van der Waals surface area contributed by atoms with Crippen LogP contribution in [0.3, 0.4) is 0 Å².